The Morgan fingerprint density at radius 3 is 2.65 bits per heavy atom. The topological polar surface area (TPSA) is 59.9 Å². The quantitative estimate of drug-likeness (QED) is 0.344. The zero-order valence-corrected chi connectivity index (χ0v) is 16.3. The van der Waals surface area contributed by atoms with E-state index >= 15 is 0 Å². The highest BCUT2D eigenvalue weighted by atomic mass is 127. The van der Waals surface area contributed by atoms with Crippen molar-refractivity contribution >= 4 is 45.5 Å². The molecule has 0 aliphatic rings. The number of rotatable bonds is 6. The van der Waals surface area contributed by atoms with Gasteiger partial charge >= 0.3 is 0 Å². The highest BCUT2D eigenvalue weighted by Gasteiger charge is 2.06. The summed E-state index contributed by atoms with van der Waals surface area (Å²) in [5.74, 6) is 0.996. The molecular formula is C20H17IN2O3. The average molecular weight is 460 g/mol. The lowest BCUT2D eigenvalue weighted by Gasteiger charge is -2.08. The van der Waals surface area contributed by atoms with Crippen LogP contribution in [0.1, 0.15) is 5.56 Å². The van der Waals surface area contributed by atoms with Gasteiger partial charge in [-0.3, -0.25) is 4.79 Å². The summed E-state index contributed by atoms with van der Waals surface area (Å²) in [4.78, 5) is 11.9. The predicted octanol–water partition coefficient (Wildman–Crippen LogP) is 3.98. The molecule has 0 unspecified atom stereocenters. The highest BCUT2D eigenvalue weighted by molar-refractivity contribution is 14.1. The van der Waals surface area contributed by atoms with Crippen LogP contribution in [0.25, 0.3) is 10.8 Å². The van der Waals surface area contributed by atoms with Crippen LogP contribution >= 0.6 is 22.6 Å². The Morgan fingerprint density at radius 2 is 1.88 bits per heavy atom. The van der Waals surface area contributed by atoms with Gasteiger partial charge in [0.1, 0.15) is 11.5 Å². The molecule has 26 heavy (non-hydrogen) atoms. The van der Waals surface area contributed by atoms with Crippen LogP contribution < -0.4 is 14.9 Å². The fourth-order valence-electron chi connectivity index (χ4n) is 2.47. The number of methoxy groups -OCH3 is 1. The number of nitrogens with zero attached hydrogens (tertiary/aromatic N) is 1. The first-order valence-electron chi connectivity index (χ1n) is 7.93. The van der Waals surface area contributed by atoms with E-state index in [0.717, 1.165) is 19.9 Å². The maximum atomic E-state index is 11.9. The summed E-state index contributed by atoms with van der Waals surface area (Å²) in [7, 11) is 1.61. The minimum atomic E-state index is -0.334. The van der Waals surface area contributed by atoms with Gasteiger partial charge in [-0.15, -0.1) is 0 Å². The fraction of sp³-hybridized carbons (Fsp3) is 0.100. The van der Waals surface area contributed by atoms with E-state index in [2.05, 4.69) is 33.1 Å². The van der Waals surface area contributed by atoms with E-state index in [1.807, 2.05) is 60.7 Å². The standard InChI is InChI=1S/C20H17IN2O3/c1-25-19-11-6-14-4-2-3-5-17(14)18(19)12-22-23-20(24)13-26-16-9-7-15(21)8-10-16/h2-12H,13H2,1H3,(H,23,24)/b22-12-. The van der Waals surface area contributed by atoms with Crippen LogP contribution in [0.5, 0.6) is 11.5 Å². The fourth-order valence-corrected chi connectivity index (χ4v) is 2.83. The van der Waals surface area contributed by atoms with Gasteiger partial charge in [0, 0.05) is 9.13 Å². The first-order chi connectivity index (χ1) is 12.7. The van der Waals surface area contributed by atoms with Gasteiger partial charge in [-0.25, -0.2) is 5.43 Å². The number of hydrogen-bond donors (Lipinski definition) is 1. The van der Waals surface area contributed by atoms with E-state index in [4.69, 9.17) is 9.47 Å². The second-order valence-corrected chi connectivity index (χ2v) is 6.68. The van der Waals surface area contributed by atoms with Crippen molar-refractivity contribution in [2.45, 2.75) is 0 Å². The molecule has 1 amide bonds. The Labute approximate surface area is 165 Å². The minimum absolute atomic E-state index is 0.107. The lowest BCUT2D eigenvalue weighted by Crippen LogP contribution is -2.24. The molecule has 0 aliphatic carbocycles. The lowest BCUT2D eigenvalue weighted by atomic mass is 10.0. The molecule has 0 fully saturated rings. The summed E-state index contributed by atoms with van der Waals surface area (Å²) in [6.07, 6.45) is 1.59. The molecule has 0 saturated carbocycles. The first-order valence-corrected chi connectivity index (χ1v) is 9.01. The molecule has 0 spiro atoms. The smallest absolute Gasteiger partial charge is 0.277 e. The van der Waals surface area contributed by atoms with Gasteiger partial charge in [0.05, 0.1) is 13.3 Å². The molecule has 1 N–H and O–H groups in total. The van der Waals surface area contributed by atoms with Gasteiger partial charge in [-0.1, -0.05) is 30.3 Å². The molecule has 0 heterocycles. The van der Waals surface area contributed by atoms with Crippen LogP contribution in [0.4, 0.5) is 0 Å². The van der Waals surface area contributed by atoms with Crippen molar-refractivity contribution in [3.05, 3.63) is 69.8 Å². The number of hydrogen-bond acceptors (Lipinski definition) is 4. The van der Waals surface area contributed by atoms with Crippen molar-refractivity contribution in [1.82, 2.24) is 5.43 Å². The summed E-state index contributed by atoms with van der Waals surface area (Å²) < 4.78 is 11.9. The van der Waals surface area contributed by atoms with Crippen LogP contribution in [0.15, 0.2) is 65.8 Å². The number of amides is 1. The molecule has 6 heteroatoms. The van der Waals surface area contributed by atoms with E-state index in [1.165, 1.54) is 0 Å². The lowest BCUT2D eigenvalue weighted by molar-refractivity contribution is -0.123. The summed E-state index contributed by atoms with van der Waals surface area (Å²) in [6.45, 7) is -0.107. The van der Waals surface area contributed by atoms with Gasteiger partial charge in [0.15, 0.2) is 6.61 Å². The number of ether oxygens (including phenoxy) is 2. The maximum Gasteiger partial charge on any atom is 0.277 e. The van der Waals surface area contributed by atoms with Crippen molar-refractivity contribution in [3.8, 4) is 11.5 Å². The molecule has 0 saturated heterocycles. The molecule has 0 aromatic heterocycles. The van der Waals surface area contributed by atoms with Crippen molar-refractivity contribution in [3.63, 3.8) is 0 Å². The third kappa shape index (κ3) is 4.51. The summed E-state index contributed by atoms with van der Waals surface area (Å²) in [6, 6.07) is 19.3. The highest BCUT2D eigenvalue weighted by Crippen LogP contribution is 2.26. The monoisotopic (exact) mass is 460 g/mol. The number of carbonyl (C=O) groups is 1. The van der Waals surface area contributed by atoms with Crippen LogP contribution in [0.2, 0.25) is 0 Å². The normalized spacial score (nSPS) is 10.8. The molecular weight excluding hydrogens is 443 g/mol. The summed E-state index contributed by atoms with van der Waals surface area (Å²) >= 11 is 2.21. The molecule has 0 aliphatic heterocycles. The van der Waals surface area contributed by atoms with Crippen molar-refractivity contribution in [2.24, 2.45) is 5.10 Å². The van der Waals surface area contributed by atoms with Crippen molar-refractivity contribution in [1.29, 1.82) is 0 Å². The molecule has 0 atom stereocenters. The first kappa shape index (κ1) is 18.2. The number of fused-ring (bicyclic) bond motifs is 1. The van der Waals surface area contributed by atoms with E-state index in [-0.39, 0.29) is 12.5 Å². The average Bonchev–Trinajstić information content (AvgIpc) is 2.67. The van der Waals surface area contributed by atoms with Crippen molar-refractivity contribution < 1.29 is 14.3 Å². The Morgan fingerprint density at radius 1 is 1.12 bits per heavy atom. The van der Waals surface area contributed by atoms with E-state index < -0.39 is 0 Å². The summed E-state index contributed by atoms with van der Waals surface area (Å²) in [5.41, 5.74) is 3.29. The molecule has 0 radical (unpaired) electrons. The van der Waals surface area contributed by atoms with E-state index in [1.54, 1.807) is 13.3 Å². The van der Waals surface area contributed by atoms with Gasteiger partial charge in [0.2, 0.25) is 0 Å². The van der Waals surface area contributed by atoms with E-state index in [0.29, 0.717) is 11.5 Å². The maximum absolute atomic E-state index is 11.9. The zero-order chi connectivity index (χ0) is 18.4. The molecule has 3 rings (SSSR count). The molecule has 3 aromatic rings. The Kier molecular flexibility index (Phi) is 6.06. The van der Waals surface area contributed by atoms with Gasteiger partial charge in [0.25, 0.3) is 5.91 Å². The predicted molar refractivity (Wildman–Crippen MR) is 111 cm³/mol. The van der Waals surface area contributed by atoms with Crippen LogP contribution in [0, 0.1) is 3.57 Å². The molecule has 132 valence electrons. The SMILES string of the molecule is COc1ccc2ccccc2c1/C=N\NC(=O)COc1ccc(I)cc1. The molecule has 0 bridgehead atoms. The Hall–Kier alpha value is -2.61. The van der Waals surface area contributed by atoms with E-state index in [9.17, 15) is 4.79 Å². The number of benzene rings is 3. The summed E-state index contributed by atoms with van der Waals surface area (Å²) in [5, 5.41) is 6.11. The van der Waals surface area contributed by atoms with Gasteiger partial charge in [-0.05, 0) is 63.7 Å². The second-order valence-electron chi connectivity index (χ2n) is 5.44. The number of carbonyl (C=O) groups excluding carboxylic acids is 1. The number of hydrazone groups is 1. The molecule has 5 nitrogen and oxygen atoms in total. The van der Waals surface area contributed by atoms with Gasteiger partial charge < -0.3 is 9.47 Å². The Bertz CT molecular complexity index is 939. The van der Waals surface area contributed by atoms with Gasteiger partial charge in [-0.2, -0.15) is 5.10 Å². The zero-order valence-electron chi connectivity index (χ0n) is 14.1. The van der Waals surface area contributed by atoms with Crippen LogP contribution in [0.3, 0.4) is 0 Å². The van der Waals surface area contributed by atoms with Crippen LogP contribution in [-0.4, -0.2) is 25.8 Å². The van der Waals surface area contributed by atoms with Crippen molar-refractivity contribution in [2.75, 3.05) is 13.7 Å². The van der Waals surface area contributed by atoms with Crippen LogP contribution in [-0.2, 0) is 4.79 Å². The largest absolute Gasteiger partial charge is 0.496 e. The number of nitrogens with one attached hydrogen (secondary N) is 1. The number of halogens is 1. The minimum Gasteiger partial charge on any atom is -0.496 e. The second kappa shape index (κ2) is 8.66. The third-order valence-corrected chi connectivity index (χ3v) is 4.44. The Balaban J connectivity index is 1.65. The molecule has 3 aromatic carbocycles. The third-order valence-electron chi connectivity index (χ3n) is 3.72.